The third-order valence-electron chi connectivity index (χ3n) is 5.93. The van der Waals surface area contributed by atoms with Crippen molar-refractivity contribution in [2.45, 2.75) is 31.1 Å². The summed E-state index contributed by atoms with van der Waals surface area (Å²) in [5.74, 6) is 0.329. The summed E-state index contributed by atoms with van der Waals surface area (Å²) in [5.41, 5.74) is 0.438. The van der Waals surface area contributed by atoms with Gasteiger partial charge in [0.25, 0.3) is 5.91 Å². The molecule has 146 valence electrons. The molecule has 0 bridgehead atoms. The van der Waals surface area contributed by atoms with E-state index in [-0.39, 0.29) is 5.91 Å². The van der Waals surface area contributed by atoms with E-state index in [2.05, 4.69) is 0 Å². The minimum atomic E-state index is -0.931. The van der Waals surface area contributed by atoms with Gasteiger partial charge in [-0.25, -0.2) is 0 Å². The zero-order chi connectivity index (χ0) is 19.6. The van der Waals surface area contributed by atoms with Crippen LogP contribution in [0, 0.1) is 5.92 Å². The van der Waals surface area contributed by atoms with Gasteiger partial charge in [-0.2, -0.15) is 0 Å². The van der Waals surface area contributed by atoms with Crippen LogP contribution in [-0.2, 0) is 10.2 Å². The van der Waals surface area contributed by atoms with Crippen LogP contribution in [0.4, 0.5) is 0 Å². The molecule has 2 aromatic carbocycles. The Morgan fingerprint density at radius 1 is 1.00 bits per heavy atom. The molecule has 2 aliphatic rings. The molecule has 0 radical (unpaired) electrons. The highest BCUT2D eigenvalue weighted by atomic mass is 16.5. The number of benzene rings is 2. The Morgan fingerprint density at radius 3 is 2.29 bits per heavy atom. The van der Waals surface area contributed by atoms with Crippen molar-refractivity contribution in [1.29, 1.82) is 0 Å². The Balaban J connectivity index is 1.49. The number of amides is 1. The van der Waals surface area contributed by atoms with Crippen molar-refractivity contribution in [3.63, 3.8) is 0 Å². The molecule has 5 heteroatoms. The monoisotopic (exact) mass is 379 g/mol. The highest BCUT2D eigenvalue weighted by Crippen LogP contribution is 2.37. The first-order valence-corrected chi connectivity index (χ1v) is 9.90. The maximum Gasteiger partial charge on any atom is 0.314 e. The molecule has 2 fully saturated rings. The minimum Gasteiger partial charge on any atom is -0.492 e. The van der Waals surface area contributed by atoms with Gasteiger partial charge in [0.2, 0.25) is 0 Å². The molecule has 1 amide bonds. The van der Waals surface area contributed by atoms with Gasteiger partial charge in [-0.3, -0.25) is 9.59 Å². The fourth-order valence-electron chi connectivity index (χ4n) is 3.91. The van der Waals surface area contributed by atoms with E-state index in [4.69, 9.17) is 4.74 Å². The number of aliphatic carboxylic acids is 1. The summed E-state index contributed by atoms with van der Waals surface area (Å²) in [6.07, 6.45) is 3.20. The first kappa shape index (κ1) is 18.5. The van der Waals surface area contributed by atoms with E-state index >= 15 is 0 Å². The lowest BCUT2D eigenvalue weighted by Gasteiger charge is -2.39. The highest BCUT2D eigenvalue weighted by Gasteiger charge is 2.44. The number of hydrogen-bond donors (Lipinski definition) is 1. The normalized spacial score (nSPS) is 18.5. The zero-order valence-corrected chi connectivity index (χ0v) is 15.8. The largest absolute Gasteiger partial charge is 0.492 e. The number of rotatable bonds is 6. The van der Waals surface area contributed by atoms with Crippen LogP contribution in [0.5, 0.6) is 5.75 Å². The van der Waals surface area contributed by atoms with E-state index in [1.54, 1.807) is 11.0 Å². The van der Waals surface area contributed by atoms with Crippen molar-refractivity contribution < 1.29 is 19.4 Å². The molecule has 0 unspecified atom stereocenters. The highest BCUT2D eigenvalue weighted by molar-refractivity contribution is 5.97. The van der Waals surface area contributed by atoms with Gasteiger partial charge < -0.3 is 14.7 Å². The summed E-state index contributed by atoms with van der Waals surface area (Å²) in [5, 5.41) is 9.93. The summed E-state index contributed by atoms with van der Waals surface area (Å²) in [4.78, 5) is 27.0. The Kier molecular flexibility index (Phi) is 5.07. The van der Waals surface area contributed by atoms with Crippen LogP contribution in [0.15, 0.2) is 54.6 Å². The second-order valence-corrected chi connectivity index (χ2v) is 7.80. The number of likely N-dealkylation sites (tertiary alicyclic amines) is 1. The Labute approximate surface area is 164 Å². The van der Waals surface area contributed by atoms with Gasteiger partial charge in [0.1, 0.15) is 5.75 Å². The third kappa shape index (κ3) is 3.61. The molecule has 1 heterocycles. The number of carbonyl (C=O) groups is 2. The number of hydrogen-bond acceptors (Lipinski definition) is 3. The van der Waals surface area contributed by atoms with Crippen LogP contribution < -0.4 is 4.74 Å². The van der Waals surface area contributed by atoms with Crippen LogP contribution >= 0.6 is 0 Å². The van der Waals surface area contributed by atoms with E-state index in [0.29, 0.717) is 49.8 Å². The molecule has 0 aromatic heterocycles. The van der Waals surface area contributed by atoms with Gasteiger partial charge in [0, 0.05) is 13.1 Å². The molecule has 1 aliphatic carbocycles. The molecule has 1 saturated carbocycles. The SMILES string of the molecule is O=C(c1ccccc1OCC1CC1)N1CCC(C(=O)O)(c2ccccc2)CC1. The number of para-hydroxylation sites is 1. The summed E-state index contributed by atoms with van der Waals surface area (Å²) >= 11 is 0. The molecule has 0 spiro atoms. The average Bonchev–Trinajstić information content (AvgIpc) is 3.57. The molecular formula is C23H25NO4. The van der Waals surface area contributed by atoms with Crippen LogP contribution in [-0.4, -0.2) is 41.6 Å². The van der Waals surface area contributed by atoms with E-state index in [0.717, 1.165) is 5.56 Å². The van der Waals surface area contributed by atoms with Gasteiger partial charge in [-0.1, -0.05) is 42.5 Å². The fraction of sp³-hybridized carbons (Fsp3) is 0.391. The van der Waals surface area contributed by atoms with E-state index in [1.807, 2.05) is 48.5 Å². The number of ether oxygens (including phenoxy) is 1. The molecule has 2 aromatic rings. The van der Waals surface area contributed by atoms with Gasteiger partial charge in [0.05, 0.1) is 17.6 Å². The summed E-state index contributed by atoms with van der Waals surface area (Å²) in [6, 6.07) is 16.7. The first-order chi connectivity index (χ1) is 13.6. The van der Waals surface area contributed by atoms with E-state index < -0.39 is 11.4 Å². The lowest BCUT2D eigenvalue weighted by Crippen LogP contribution is -2.49. The summed E-state index contributed by atoms with van der Waals surface area (Å²) in [7, 11) is 0. The molecule has 1 N–H and O–H groups in total. The van der Waals surface area contributed by atoms with Crippen LogP contribution in [0.2, 0.25) is 0 Å². The maximum absolute atomic E-state index is 13.1. The standard InChI is InChI=1S/C23H25NO4/c25-21(19-8-4-5-9-20(19)28-16-17-10-11-17)24-14-12-23(13-15-24,22(26)27)18-6-2-1-3-7-18/h1-9,17H,10-16H2,(H,26,27). The number of carboxylic acids is 1. The first-order valence-electron chi connectivity index (χ1n) is 9.90. The Bertz CT molecular complexity index is 852. The molecule has 0 atom stereocenters. The smallest absolute Gasteiger partial charge is 0.314 e. The van der Waals surface area contributed by atoms with Gasteiger partial charge in [-0.05, 0) is 49.3 Å². The maximum atomic E-state index is 13.1. The third-order valence-corrected chi connectivity index (χ3v) is 5.93. The summed E-state index contributed by atoms with van der Waals surface area (Å²) in [6.45, 7) is 1.48. The second kappa shape index (κ2) is 7.66. The molecule has 28 heavy (non-hydrogen) atoms. The van der Waals surface area contributed by atoms with Crippen molar-refractivity contribution >= 4 is 11.9 Å². The van der Waals surface area contributed by atoms with Crippen LogP contribution in [0.1, 0.15) is 41.6 Å². The topological polar surface area (TPSA) is 66.8 Å². The minimum absolute atomic E-state index is 0.0848. The van der Waals surface area contributed by atoms with E-state index in [9.17, 15) is 14.7 Å². The average molecular weight is 379 g/mol. The van der Waals surface area contributed by atoms with Crippen molar-refractivity contribution in [1.82, 2.24) is 4.90 Å². The lowest BCUT2D eigenvalue weighted by molar-refractivity contribution is -0.145. The summed E-state index contributed by atoms with van der Waals surface area (Å²) < 4.78 is 5.88. The van der Waals surface area contributed by atoms with Gasteiger partial charge >= 0.3 is 5.97 Å². The Hall–Kier alpha value is -2.82. The molecule has 5 nitrogen and oxygen atoms in total. The number of carbonyl (C=O) groups excluding carboxylic acids is 1. The quantitative estimate of drug-likeness (QED) is 0.830. The number of carboxylic acid groups (broad SMARTS) is 1. The van der Waals surface area contributed by atoms with Crippen LogP contribution in [0.25, 0.3) is 0 Å². The van der Waals surface area contributed by atoms with E-state index in [1.165, 1.54) is 12.8 Å². The van der Waals surface area contributed by atoms with Crippen molar-refractivity contribution in [2.24, 2.45) is 5.92 Å². The number of piperidine rings is 1. The predicted molar refractivity (Wildman–Crippen MR) is 106 cm³/mol. The number of nitrogens with zero attached hydrogens (tertiary/aromatic N) is 1. The fourth-order valence-corrected chi connectivity index (χ4v) is 3.91. The molecule has 1 saturated heterocycles. The van der Waals surface area contributed by atoms with Gasteiger partial charge in [0.15, 0.2) is 0 Å². The lowest BCUT2D eigenvalue weighted by atomic mass is 9.72. The zero-order valence-electron chi connectivity index (χ0n) is 15.8. The Morgan fingerprint density at radius 2 is 1.64 bits per heavy atom. The van der Waals surface area contributed by atoms with Crippen molar-refractivity contribution in [3.05, 3.63) is 65.7 Å². The van der Waals surface area contributed by atoms with Crippen LogP contribution in [0.3, 0.4) is 0 Å². The van der Waals surface area contributed by atoms with Crippen molar-refractivity contribution in [2.75, 3.05) is 19.7 Å². The van der Waals surface area contributed by atoms with Gasteiger partial charge in [-0.15, -0.1) is 0 Å². The second-order valence-electron chi connectivity index (χ2n) is 7.80. The predicted octanol–water partition coefficient (Wildman–Crippen LogP) is 3.73. The molecular weight excluding hydrogens is 354 g/mol. The molecule has 1 aliphatic heterocycles. The van der Waals surface area contributed by atoms with Crippen molar-refractivity contribution in [3.8, 4) is 5.75 Å². The molecule has 4 rings (SSSR count).